The van der Waals surface area contributed by atoms with Crippen LogP contribution in [0.3, 0.4) is 0 Å². The van der Waals surface area contributed by atoms with Crippen LogP contribution in [0.25, 0.3) is 10.1 Å². The summed E-state index contributed by atoms with van der Waals surface area (Å²) >= 11 is 1.48. The summed E-state index contributed by atoms with van der Waals surface area (Å²) in [5.74, 6) is 0.676. The SMILES string of the molecule is C=C/C=C\C=C1\C=CC(OC)=CC1.CC.COC(=O)c1cc2cccc(C)c2s1. The molecule has 3 nitrogen and oxygen atoms in total. The molecule has 3 rings (SSSR count). The van der Waals surface area contributed by atoms with Crippen molar-refractivity contribution in [2.75, 3.05) is 14.2 Å². The number of carbonyl (C=O) groups excluding carboxylic acids is 1. The fourth-order valence-electron chi connectivity index (χ4n) is 2.49. The number of aryl methyl sites for hydroxylation is 1. The van der Waals surface area contributed by atoms with Gasteiger partial charge in [-0.05, 0) is 48.1 Å². The summed E-state index contributed by atoms with van der Waals surface area (Å²) in [4.78, 5) is 11.9. The molecule has 1 aromatic heterocycles. The molecular formula is C25H30O3S. The molecule has 1 heterocycles. The lowest BCUT2D eigenvalue weighted by Gasteiger charge is -2.06. The van der Waals surface area contributed by atoms with E-state index in [2.05, 4.69) is 29.5 Å². The van der Waals surface area contributed by atoms with Crippen molar-refractivity contribution < 1.29 is 14.3 Å². The Bertz CT molecular complexity index is 927. The summed E-state index contributed by atoms with van der Waals surface area (Å²) in [6, 6.07) is 7.91. The molecule has 1 aliphatic rings. The number of ether oxygens (including phenoxy) is 2. The standard InChI is InChI=1S/C12H14O.C11H10O2S.C2H6/c1-3-4-5-6-11-7-9-12(13-2)10-8-11;1-7-4-3-5-8-6-9(11(12)13-2)14-10(7)8;1-2/h3-7,9-10H,1,8H2,2H3;3-6H,1-2H3;1-2H3/b5-4-,11-6-;;. The van der Waals surface area contributed by atoms with E-state index >= 15 is 0 Å². The number of hydrogen-bond donors (Lipinski definition) is 0. The largest absolute Gasteiger partial charge is 0.497 e. The van der Waals surface area contributed by atoms with Crippen molar-refractivity contribution in [2.45, 2.75) is 27.2 Å². The van der Waals surface area contributed by atoms with Gasteiger partial charge in [0.2, 0.25) is 0 Å². The van der Waals surface area contributed by atoms with Crippen LogP contribution in [-0.4, -0.2) is 20.2 Å². The maximum atomic E-state index is 11.3. The Kier molecular flexibility index (Phi) is 11.1. The molecule has 1 aromatic carbocycles. The van der Waals surface area contributed by atoms with Crippen LogP contribution >= 0.6 is 11.3 Å². The zero-order valence-corrected chi connectivity index (χ0v) is 18.7. The third-order valence-electron chi connectivity index (χ3n) is 3.92. The van der Waals surface area contributed by atoms with Gasteiger partial charge in [0.25, 0.3) is 0 Å². The quantitative estimate of drug-likeness (QED) is 0.396. The summed E-state index contributed by atoms with van der Waals surface area (Å²) in [7, 11) is 3.09. The third-order valence-corrected chi connectivity index (χ3v) is 5.19. The van der Waals surface area contributed by atoms with Crippen molar-refractivity contribution >= 4 is 27.4 Å². The second kappa shape index (κ2) is 13.3. The van der Waals surface area contributed by atoms with Crippen LogP contribution in [0, 0.1) is 6.92 Å². The molecule has 154 valence electrons. The molecule has 29 heavy (non-hydrogen) atoms. The second-order valence-corrected chi connectivity index (χ2v) is 6.86. The van der Waals surface area contributed by atoms with Gasteiger partial charge in [-0.2, -0.15) is 0 Å². The van der Waals surface area contributed by atoms with E-state index in [4.69, 9.17) is 4.74 Å². The smallest absolute Gasteiger partial charge is 0.348 e. The number of rotatable bonds is 4. The first kappa shape index (κ1) is 24.2. The summed E-state index contributed by atoms with van der Waals surface area (Å²) in [6.45, 7) is 9.64. The molecule has 0 unspecified atom stereocenters. The number of fused-ring (bicyclic) bond motifs is 1. The van der Waals surface area contributed by atoms with Gasteiger partial charge in [-0.15, -0.1) is 11.3 Å². The van der Waals surface area contributed by atoms with Crippen LogP contribution in [0.1, 0.15) is 35.5 Å². The predicted octanol–water partition coefficient (Wildman–Crippen LogP) is 7.17. The molecule has 0 spiro atoms. The average molecular weight is 411 g/mol. The number of hydrogen-bond acceptors (Lipinski definition) is 4. The normalized spacial score (nSPS) is 13.8. The highest BCUT2D eigenvalue weighted by Crippen LogP contribution is 2.28. The molecule has 4 heteroatoms. The van der Waals surface area contributed by atoms with Gasteiger partial charge in [-0.3, -0.25) is 0 Å². The molecule has 0 saturated heterocycles. The van der Waals surface area contributed by atoms with E-state index in [9.17, 15) is 4.79 Å². The van der Waals surface area contributed by atoms with E-state index in [1.807, 2.05) is 63.3 Å². The molecule has 2 aromatic rings. The van der Waals surface area contributed by atoms with E-state index in [-0.39, 0.29) is 5.97 Å². The topological polar surface area (TPSA) is 35.5 Å². The summed E-state index contributed by atoms with van der Waals surface area (Å²) in [5, 5.41) is 1.11. The van der Waals surface area contributed by atoms with Gasteiger partial charge in [0.05, 0.1) is 14.2 Å². The first-order chi connectivity index (χ1) is 14.1. The Morgan fingerprint density at radius 1 is 1.17 bits per heavy atom. The van der Waals surface area contributed by atoms with Crippen LogP contribution in [0.4, 0.5) is 0 Å². The number of esters is 1. The lowest BCUT2D eigenvalue weighted by atomic mass is 10.1. The highest BCUT2D eigenvalue weighted by Gasteiger charge is 2.10. The van der Waals surface area contributed by atoms with Crippen molar-refractivity contribution in [1.29, 1.82) is 0 Å². The van der Waals surface area contributed by atoms with Gasteiger partial charge in [0, 0.05) is 4.70 Å². The Morgan fingerprint density at radius 2 is 1.93 bits per heavy atom. The number of methoxy groups -OCH3 is 2. The zero-order chi connectivity index (χ0) is 21.6. The summed E-state index contributed by atoms with van der Waals surface area (Å²) in [5.41, 5.74) is 2.47. The number of allylic oxidation sites excluding steroid dienone is 8. The average Bonchev–Trinajstić information content (AvgIpc) is 3.22. The van der Waals surface area contributed by atoms with Gasteiger partial charge in [0.15, 0.2) is 0 Å². The van der Waals surface area contributed by atoms with Gasteiger partial charge >= 0.3 is 5.97 Å². The molecule has 0 bridgehead atoms. The van der Waals surface area contributed by atoms with Crippen LogP contribution in [0.5, 0.6) is 0 Å². The van der Waals surface area contributed by atoms with Crippen molar-refractivity contribution in [3.05, 3.63) is 95.1 Å². The van der Waals surface area contributed by atoms with Crippen LogP contribution in [-0.2, 0) is 9.47 Å². The minimum atomic E-state index is -0.259. The Balaban J connectivity index is 0.000000268. The van der Waals surface area contributed by atoms with Gasteiger partial charge < -0.3 is 9.47 Å². The minimum absolute atomic E-state index is 0.259. The maximum absolute atomic E-state index is 11.3. The maximum Gasteiger partial charge on any atom is 0.348 e. The Morgan fingerprint density at radius 3 is 2.48 bits per heavy atom. The molecule has 0 radical (unpaired) electrons. The van der Waals surface area contributed by atoms with E-state index < -0.39 is 0 Å². The molecule has 0 amide bonds. The van der Waals surface area contributed by atoms with Crippen LogP contribution in [0.15, 0.2) is 84.7 Å². The van der Waals surface area contributed by atoms with Gasteiger partial charge in [-0.25, -0.2) is 4.79 Å². The molecule has 0 N–H and O–H groups in total. The number of carbonyl (C=O) groups is 1. The molecule has 1 aliphatic carbocycles. The predicted molar refractivity (Wildman–Crippen MR) is 126 cm³/mol. The number of benzene rings is 1. The molecule has 0 saturated carbocycles. The highest BCUT2D eigenvalue weighted by molar-refractivity contribution is 7.20. The van der Waals surface area contributed by atoms with Crippen molar-refractivity contribution in [3.8, 4) is 0 Å². The van der Waals surface area contributed by atoms with E-state index in [1.54, 1.807) is 13.2 Å². The highest BCUT2D eigenvalue weighted by atomic mass is 32.1. The second-order valence-electron chi connectivity index (χ2n) is 5.81. The van der Waals surface area contributed by atoms with Crippen molar-refractivity contribution in [2.24, 2.45) is 0 Å². The van der Waals surface area contributed by atoms with E-state index in [0.29, 0.717) is 4.88 Å². The van der Waals surface area contributed by atoms with Crippen molar-refractivity contribution in [1.82, 2.24) is 0 Å². The summed E-state index contributed by atoms with van der Waals surface area (Å²) in [6.07, 6.45) is 14.8. The first-order valence-corrected chi connectivity index (χ1v) is 10.4. The van der Waals surface area contributed by atoms with Gasteiger partial charge in [-0.1, -0.05) is 69.0 Å². The lowest BCUT2D eigenvalue weighted by Crippen LogP contribution is -1.96. The Labute approximate surface area is 178 Å². The molecular weight excluding hydrogens is 380 g/mol. The third kappa shape index (κ3) is 7.59. The van der Waals surface area contributed by atoms with Crippen LogP contribution < -0.4 is 0 Å². The van der Waals surface area contributed by atoms with Crippen LogP contribution in [0.2, 0.25) is 0 Å². The van der Waals surface area contributed by atoms with Gasteiger partial charge in [0.1, 0.15) is 10.6 Å². The molecule has 0 aliphatic heterocycles. The van der Waals surface area contributed by atoms with Crippen molar-refractivity contribution in [3.63, 3.8) is 0 Å². The fraction of sp³-hybridized carbons (Fsp3) is 0.240. The summed E-state index contributed by atoms with van der Waals surface area (Å²) < 4.78 is 10.9. The zero-order valence-electron chi connectivity index (χ0n) is 17.9. The first-order valence-electron chi connectivity index (χ1n) is 9.57. The Hall–Kier alpha value is -2.85. The lowest BCUT2D eigenvalue weighted by molar-refractivity contribution is 0.0606. The fourth-order valence-corrected chi connectivity index (χ4v) is 3.53. The molecule has 0 atom stereocenters. The van der Waals surface area contributed by atoms with E-state index in [1.165, 1.54) is 29.6 Å². The monoisotopic (exact) mass is 410 g/mol. The minimum Gasteiger partial charge on any atom is -0.497 e. The number of thiophene rings is 1. The molecule has 0 fully saturated rings. The van der Waals surface area contributed by atoms with E-state index in [0.717, 1.165) is 22.3 Å².